The number of hydrogen-bond acceptors (Lipinski definition) is 5. The molecule has 0 saturated heterocycles. The molecule has 0 aromatic carbocycles. The van der Waals surface area contributed by atoms with Gasteiger partial charge < -0.3 is 4.42 Å². The zero-order valence-electron chi connectivity index (χ0n) is 8.83. The van der Waals surface area contributed by atoms with E-state index in [1.54, 1.807) is 12.1 Å². The van der Waals surface area contributed by atoms with Crippen molar-refractivity contribution in [3.8, 4) is 0 Å². The molecule has 0 atom stereocenters. The van der Waals surface area contributed by atoms with Crippen molar-refractivity contribution in [2.24, 2.45) is 0 Å². The number of thiazole rings is 1. The second kappa shape index (κ2) is 4.77. The molecule has 8 heteroatoms. The first-order valence-corrected chi connectivity index (χ1v) is 7.23. The van der Waals surface area contributed by atoms with E-state index < -0.39 is 10.0 Å². The number of nitrogens with zero attached hydrogens (tertiary/aromatic N) is 2. The van der Waals surface area contributed by atoms with Crippen molar-refractivity contribution in [2.75, 3.05) is 7.05 Å². The summed E-state index contributed by atoms with van der Waals surface area (Å²) < 4.78 is 30.7. The Morgan fingerprint density at radius 3 is 2.88 bits per heavy atom. The predicted molar refractivity (Wildman–Crippen MR) is 64.5 cm³/mol. The summed E-state index contributed by atoms with van der Waals surface area (Å²) in [5.74, 6) is 0.576. The Morgan fingerprint density at radius 1 is 1.59 bits per heavy atom. The molecule has 17 heavy (non-hydrogen) atoms. The van der Waals surface area contributed by atoms with E-state index in [0.717, 1.165) is 11.3 Å². The van der Waals surface area contributed by atoms with Crippen LogP contribution in [0.5, 0.6) is 0 Å². The summed E-state index contributed by atoms with van der Waals surface area (Å²) in [5.41, 5.74) is 0. The predicted octanol–water partition coefficient (Wildman–Crippen LogP) is 2.21. The van der Waals surface area contributed by atoms with E-state index in [-0.39, 0.29) is 15.2 Å². The lowest BCUT2D eigenvalue weighted by molar-refractivity contribution is 0.407. The third-order valence-electron chi connectivity index (χ3n) is 2.08. The Kier molecular flexibility index (Phi) is 3.53. The fraction of sp³-hybridized carbons (Fsp3) is 0.222. The first kappa shape index (κ1) is 12.6. The van der Waals surface area contributed by atoms with Gasteiger partial charge in [-0.3, -0.25) is 0 Å². The monoisotopic (exact) mass is 292 g/mol. The maximum atomic E-state index is 12.1. The standard InChI is InChI=1S/C9H9ClN2O3S2/c1-12(6-7-3-2-4-15-7)17(13,14)8-5-11-9(10)16-8/h2-5H,6H2,1H3. The molecule has 0 aliphatic carbocycles. The summed E-state index contributed by atoms with van der Waals surface area (Å²) in [7, 11) is -2.07. The van der Waals surface area contributed by atoms with E-state index in [1.807, 2.05) is 0 Å². The number of rotatable bonds is 4. The van der Waals surface area contributed by atoms with Crippen molar-refractivity contribution in [3.05, 3.63) is 34.8 Å². The molecular weight excluding hydrogens is 284 g/mol. The highest BCUT2D eigenvalue weighted by molar-refractivity contribution is 7.91. The summed E-state index contributed by atoms with van der Waals surface area (Å²) in [6.45, 7) is 0.171. The number of halogens is 1. The average Bonchev–Trinajstić information content (AvgIpc) is 2.89. The molecule has 2 heterocycles. The highest BCUT2D eigenvalue weighted by atomic mass is 35.5. The molecule has 92 valence electrons. The normalized spacial score (nSPS) is 12.2. The van der Waals surface area contributed by atoms with Gasteiger partial charge in [-0.25, -0.2) is 13.4 Å². The quantitative estimate of drug-likeness (QED) is 0.867. The van der Waals surface area contributed by atoms with Gasteiger partial charge in [-0.05, 0) is 12.1 Å². The molecule has 0 aliphatic rings. The number of aromatic nitrogens is 1. The van der Waals surface area contributed by atoms with Crippen LogP contribution in [-0.2, 0) is 16.6 Å². The third-order valence-corrected chi connectivity index (χ3v) is 5.43. The van der Waals surface area contributed by atoms with Gasteiger partial charge in [0.2, 0.25) is 0 Å². The van der Waals surface area contributed by atoms with Crippen LogP contribution in [-0.4, -0.2) is 24.8 Å². The zero-order chi connectivity index (χ0) is 12.5. The first-order chi connectivity index (χ1) is 8.00. The summed E-state index contributed by atoms with van der Waals surface area (Å²) >= 11 is 6.55. The van der Waals surface area contributed by atoms with Gasteiger partial charge in [0.05, 0.1) is 19.0 Å². The number of hydrogen-bond donors (Lipinski definition) is 0. The summed E-state index contributed by atoms with van der Waals surface area (Å²) in [4.78, 5) is 3.72. The fourth-order valence-electron chi connectivity index (χ4n) is 1.22. The summed E-state index contributed by atoms with van der Waals surface area (Å²) in [6, 6.07) is 3.42. The molecule has 0 N–H and O–H groups in total. The van der Waals surface area contributed by atoms with Gasteiger partial charge in [0, 0.05) is 7.05 Å². The lowest BCUT2D eigenvalue weighted by Crippen LogP contribution is -2.25. The molecule has 0 bridgehead atoms. The Hall–Kier alpha value is -0.890. The Balaban J connectivity index is 2.21. The Morgan fingerprint density at radius 2 is 2.35 bits per heavy atom. The van der Waals surface area contributed by atoms with E-state index in [0.29, 0.717) is 5.76 Å². The number of furan rings is 1. The molecule has 0 aliphatic heterocycles. The van der Waals surface area contributed by atoms with E-state index >= 15 is 0 Å². The van der Waals surface area contributed by atoms with Gasteiger partial charge in [-0.1, -0.05) is 22.9 Å². The molecule has 2 aromatic rings. The molecule has 0 spiro atoms. The molecule has 5 nitrogen and oxygen atoms in total. The summed E-state index contributed by atoms with van der Waals surface area (Å²) in [6.07, 6.45) is 2.75. The minimum absolute atomic E-state index is 0.122. The van der Waals surface area contributed by atoms with Gasteiger partial charge >= 0.3 is 0 Å². The highest BCUT2D eigenvalue weighted by Gasteiger charge is 2.24. The molecule has 2 rings (SSSR count). The van der Waals surface area contributed by atoms with Crippen molar-refractivity contribution in [2.45, 2.75) is 10.8 Å². The van der Waals surface area contributed by atoms with Crippen LogP contribution >= 0.6 is 22.9 Å². The van der Waals surface area contributed by atoms with E-state index in [2.05, 4.69) is 4.98 Å². The van der Waals surface area contributed by atoms with Crippen LogP contribution < -0.4 is 0 Å². The average molecular weight is 293 g/mol. The van der Waals surface area contributed by atoms with Crippen LogP contribution in [0.1, 0.15) is 5.76 Å². The first-order valence-electron chi connectivity index (χ1n) is 4.60. The van der Waals surface area contributed by atoms with Crippen molar-refractivity contribution in [1.29, 1.82) is 0 Å². The van der Waals surface area contributed by atoms with Crippen LogP contribution in [0.2, 0.25) is 4.47 Å². The molecule has 2 aromatic heterocycles. The zero-order valence-corrected chi connectivity index (χ0v) is 11.2. The van der Waals surface area contributed by atoms with Crippen LogP contribution in [0.3, 0.4) is 0 Å². The van der Waals surface area contributed by atoms with Crippen molar-refractivity contribution < 1.29 is 12.8 Å². The van der Waals surface area contributed by atoms with Crippen LogP contribution in [0.4, 0.5) is 0 Å². The molecule has 0 saturated carbocycles. The van der Waals surface area contributed by atoms with E-state index in [4.69, 9.17) is 16.0 Å². The maximum absolute atomic E-state index is 12.1. The van der Waals surface area contributed by atoms with Gasteiger partial charge in [-0.15, -0.1) is 0 Å². The molecule has 0 radical (unpaired) electrons. The van der Waals surface area contributed by atoms with Gasteiger partial charge in [0.15, 0.2) is 8.68 Å². The van der Waals surface area contributed by atoms with Crippen molar-refractivity contribution in [3.63, 3.8) is 0 Å². The minimum atomic E-state index is -3.55. The highest BCUT2D eigenvalue weighted by Crippen LogP contribution is 2.25. The van der Waals surface area contributed by atoms with Gasteiger partial charge in [0.1, 0.15) is 5.76 Å². The third kappa shape index (κ3) is 2.68. The molecule has 0 amide bonds. The second-order valence-electron chi connectivity index (χ2n) is 3.27. The SMILES string of the molecule is CN(Cc1ccco1)S(=O)(=O)c1cnc(Cl)s1. The van der Waals surface area contributed by atoms with Crippen LogP contribution in [0.15, 0.2) is 33.2 Å². The van der Waals surface area contributed by atoms with Crippen molar-refractivity contribution >= 4 is 33.0 Å². The largest absolute Gasteiger partial charge is 0.468 e. The van der Waals surface area contributed by atoms with E-state index in [1.165, 1.54) is 23.8 Å². The lowest BCUT2D eigenvalue weighted by atomic mass is 10.4. The van der Waals surface area contributed by atoms with Gasteiger partial charge in [0.25, 0.3) is 10.0 Å². The lowest BCUT2D eigenvalue weighted by Gasteiger charge is -2.13. The summed E-state index contributed by atoms with van der Waals surface area (Å²) in [5, 5.41) is 0. The van der Waals surface area contributed by atoms with Crippen LogP contribution in [0, 0.1) is 0 Å². The fourth-order valence-corrected chi connectivity index (χ4v) is 3.86. The molecular formula is C9H9ClN2O3S2. The smallest absolute Gasteiger partial charge is 0.254 e. The number of sulfonamides is 1. The van der Waals surface area contributed by atoms with E-state index in [9.17, 15) is 8.42 Å². The molecule has 0 fully saturated rings. The van der Waals surface area contributed by atoms with Crippen LogP contribution in [0.25, 0.3) is 0 Å². The maximum Gasteiger partial charge on any atom is 0.254 e. The van der Waals surface area contributed by atoms with Crippen molar-refractivity contribution in [1.82, 2.24) is 9.29 Å². The Labute approximate surface area is 108 Å². The minimum Gasteiger partial charge on any atom is -0.468 e. The second-order valence-corrected chi connectivity index (χ2v) is 7.16. The Bertz CT molecular complexity index is 592. The topological polar surface area (TPSA) is 63.4 Å². The molecule has 0 unspecified atom stereocenters. The van der Waals surface area contributed by atoms with Gasteiger partial charge in [-0.2, -0.15) is 4.31 Å².